The normalized spacial score (nSPS) is 25.0. The summed E-state index contributed by atoms with van der Waals surface area (Å²) in [4.78, 5) is 24.1. The van der Waals surface area contributed by atoms with Gasteiger partial charge in [0.05, 0.1) is 18.3 Å². The number of hydrogen-bond acceptors (Lipinski definition) is 6. The summed E-state index contributed by atoms with van der Waals surface area (Å²) in [5.74, 6) is -5.14. The zero-order valence-corrected chi connectivity index (χ0v) is 30.4. The molecule has 2 rings (SSSR count). The molecular formula is C32H54AcF2O6. The predicted octanol–water partition coefficient (Wildman–Crippen LogP) is 7.70. The molecule has 0 amide bonds. The van der Waals surface area contributed by atoms with E-state index in [9.17, 15) is 23.5 Å². The fourth-order valence-corrected chi connectivity index (χ4v) is 5.81. The molecule has 5 atom stereocenters. The van der Waals surface area contributed by atoms with Crippen LogP contribution in [-0.4, -0.2) is 54.0 Å². The second kappa shape index (κ2) is 21.7. The third-order valence-corrected chi connectivity index (χ3v) is 8.07. The van der Waals surface area contributed by atoms with Gasteiger partial charge in [0.2, 0.25) is 5.78 Å². The minimum atomic E-state index is -3.37. The molecule has 1 radical (unpaired) electrons. The van der Waals surface area contributed by atoms with E-state index < -0.39 is 24.2 Å². The molecule has 235 valence electrons. The summed E-state index contributed by atoms with van der Waals surface area (Å²) >= 11 is 0. The van der Waals surface area contributed by atoms with Crippen LogP contribution in [0.15, 0.2) is 12.2 Å². The number of aliphatic hydroxyl groups is 1. The molecule has 1 saturated carbocycles. The van der Waals surface area contributed by atoms with Crippen molar-refractivity contribution in [3.8, 4) is 0 Å². The first kappa shape index (κ1) is 39.1. The van der Waals surface area contributed by atoms with Crippen molar-refractivity contribution in [2.75, 3.05) is 6.61 Å². The van der Waals surface area contributed by atoms with Crippen LogP contribution in [0.1, 0.15) is 130 Å². The Morgan fingerprint density at radius 1 is 1.02 bits per heavy atom. The van der Waals surface area contributed by atoms with Crippen molar-refractivity contribution in [2.45, 2.75) is 160 Å². The van der Waals surface area contributed by atoms with Gasteiger partial charge in [-0.1, -0.05) is 64.4 Å². The fourth-order valence-electron chi connectivity index (χ4n) is 5.81. The SMILES string of the molecule is CCCCCCC(F)(F)C(=O)/C=C/[C@H]1C(OC2CCCCO2)CC(O)C1CCCCCCCCC(=O)OC(C)C.[Ac]. The molecule has 6 nitrogen and oxygen atoms in total. The number of unbranched alkanes of at least 4 members (excludes halogenated alkanes) is 8. The molecule has 9 heteroatoms. The summed E-state index contributed by atoms with van der Waals surface area (Å²) in [6.45, 7) is 6.34. The first-order valence-corrected chi connectivity index (χ1v) is 15.9. The number of ketones is 1. The summed E-state index contributed by atoms with van der Waals surface area (Å²) in [5, 5.41) is 10.9. The van der Waals surface area contributed by atoms with Crippen molar-refractivity contribution in [1.82, 2.24) is 0 Å². The maximum absolute atomic E-state index is 14.5. The van der Waals surface area contributed by atoms with E-state index in [-0.39, 0.29) is 80.4 Å². The van der Waals surface area contributed by atoms with Crippen LogP contribution in [0.2, 0.25) is 0 Å². The number of carbonyl (C=O) groups is 2. The molecule has 1 heterocycles. The second-order valence-corrected chi connectivity index (χ2v) is 12.0. The first-order valence-electron chi connectivity index (χ1n) is 15.9. The smallest absolute Gasteiger partial charge is 0.309 e. The van der Waals surface area contributed by atoms with Crippen molar-refractivity contribution >= 4 is 11.8 Å². The zero-order valence-electron chi connectivity index (χ0n) is 25.7. The number of allylic oxidation sites excluding steroid dienone is 1. The quantitative estimate of drug-likeness (QED) is 0.0773. The minimum absolute atomic E-state index is 0. The Morgan fingerprint density at radius 3 is 2.37 bits per heavy atom. The van der Waals surface area contributed by atoms with Crippen LogP contribution in [0.5, 0.6) is 0 Å². The maximum atomic E-state index is 14.5. The van der Waals surface area contributed by atoms with E-state index in [4.69, 9.17) is 14.2 Å². The van der Waals surface area contributed by atoms with Gasteiger partial charge in [0.15, 0.2) is 6.29 Å². The molecule has 0 aromatic carbocycles. The molecule has 1 saturated heterocycles. The van der Waals surface area contributed by atoms with Gasteiger partial charge in [0.25, 0.3) is 0 Å². The molecule has 1 aliphatic heterocycles. The molecule has 2 aliphatic rings. The van der Waals surface area contributed by atoms with Gasteiger partial charge in [-0.25, -0.2) is 0 Å². The van der Waals surface area contributed by atoms with Gasteiger partial charge < -0.3 is 19.3 Å². The molecule has 2 fully saturated rings. The molecule has 0 aromatic rings. The standard InChI is InChI=1S/C32H54F2O6.Ac/c1-4-5-6-14-21-32(33,34)29(36)20-19-26-25(27(35)23-28(26)40-31-18-13-15-22-38-31)16-11-9-7-8-10-12-17-30(37)39-24(2)3;/h19-20,24-28,31,35H,4-18,21-23H2,1-3H3;/b20-19+;/t25?,26-,27?,28?,31?;/m1./s1. The number of carbonyl (C=O) groups excluding carboxylic acids is 2. The molecule has 0 bridgehead atoms. The molecule has 41 heavy (non-hydrogen) atoms. The summed E-state index contributed by atoms with van der Waals surface area (Å²) in [7, 11) is 0. The van der Waals surface area contributed by atoms with Gasteiger partial charge in [0.1, 0.15) is 0 Å². The monoisotopic (exact) mass is 799 g/mol. The molecule has 1 N–H and O–H groups in total. The van der Waals surface area contributed by atoms with Gasteiger partial charge in [-0.2, -0.15) is 8.78 Å². The number of aliphatic hydroxyl groups excluding tert-OH is 1. The summed E-state index contributed by atoms with van der Waals surface area (Å²) in [6.07, 6.45) is 13.7. The van der Waals surface area contributed by atoms with E-state index in [1.165, 1.54) is 0 Å². The fraction of sp³-hybridized carbons (Fsp3) is 0.875. The van der Waals surface area contributed by atoms with E-state index in [1.807, 2.05) is 20.8 Å². The molecule has 4 unspecified atom stereocenters. The van der Waals surface area contributed by atoms with Gasteiger partial charge in [-0.05, 0) is 64.4 Å². The Labute approximate surface area is 282 Å². The van der Waals surface area contributed by atoms with E-state index >= 15 is 0 Å². The Morgan fingerprint density at radius 2 is 1.71 bits per heavy atom. The number of halogens is 2. The van der Waals surface area contributed by atoms with E-state index in [1.54, 1.807) is 6.08 Å². The maximum Gasteiger partial charge on any atom is 0.309 e. The van der Waals surface area contributed by atoms with E-state index in [0.29, 0.717) is 32.3 Å². The largest absolute Gasteiger partial charge is 0.463 e. The van der Waals surface area contributed by atoms with Crippen molar-refractivity contribution in [3.63, 3.8) is 0 Å². The Bertz CT molecular complexity index is 756. The van der Waals surface area contributed by atoms with Crippen molar-refractivity contribution < 1.29 is 81.7 Å². The third-order valence-electron chi connectivity index (χ3n) is 8.07. The third kappa shape index (κ3) is 15.6. The molecule has 1 aliphatic carbocycles. The Kier molecular flexibility index (Phi) is 20.7. The van der Waals surface area contributed by atoms with Crippen LogP contribution >= 0.6 is 0 Å². The van der Waals surface area contributed by atoms with Crippen molar-refractivity contribution in [2.24, 2.45) is 11.8 Å². The Hall–Kier alpha value is 0.0616. The van der Waals surface area contributed by atoms with Crippen LogP contribution in [0.4, 0.5) is 8.78 Å². The zero-order chi connectivity index (χ0) is 29.4. The van der Waals surface area contributed by atoms with Gasteiger partial charge in [-0.15, -0.1) is 0 Å². The van der Waals surface area contributed by atoms with E-state index in [0.717, 1.165) is 83.1 Å². The number of ether oxygens (including phenoxy) is 3. The van der Waals surface area contributed by atoms with Crippen molar-refractivity contribution in [1.29, 1.82) is 0 Å². The molecular weight excluding hydrogens is 745 g/mol. The number of alkyl halides is 2. The summed E-state index contributed by atoms with van der Waals surface area (Å²) in [6, 6.07) is 0. The number of hydrogen-bond donors (Lipinski definition) is 1. The molecule has 0 aromatic heterocycles. The number of rotatable bonds is 20. The van der Waals surface area contributed by atoms with E-state index in [2.05, 4.69) is 0 Å². The van der Waals surface area contributed by atoms with Crippen LogP contribution in [0.3, 0.4) is 0 Å². The van der Waals surface area contributed by atoms with Crippen molar-refractivity contribution in [3.05, 3.63) is 12.2 Å². The first-order chi connectivity index (χ1) is 19.1. The Balaban J connectivity index is 0.00000840. The average Bonchev–Trinajstić information content (AvgIpc) is 3.20. The van der Waals surface area contributed by atoms with Gasteiger partial charge in [0, 0.05) is 75.8 Å². The summed E-state index contributed by atoms with van der Waals surface area (Å²) < 4.78 is 46.1. The molecule has 0 spiro atoms. The van der Waals surface area contributed by atoms with Crippen LogP contribution in [0, 0.1) is 55.9 Å². The predicted molar refractivity (Wildman–Crippen MR) is 152 cm³/mol. The average molecular weight is 800 g/mol. The second-order valence-electron chi connectivity index (χ2n) is 12.0. The minimum Gasteiger partial charge on any atom is -0.463 e. The van der Waals surface area contributed by atoms with Gasteiger partial charge in [-0.3, -0.25) is 9.59 Å². The van der Waals surface area contributed by atoms with Crippen LogP contribution in [-0.2, 0) is 23.8 Å². The topological polar surface area (TPSA) is 82.1 Å². The summed E-state index contributed by atoms with van der Waals surface area (Å²) in [5.41, 5.74) is 0. The van der Waals surface area contributed by atoms with Crippen LogP contribution in [0.25, 0.3) is 0 Å². The van der Waals surface area contributed by atoms with Crippen LogP contribution < -0.4 is 0 Å². The number of esters is 1. The van der Waals surface area contributed by atoms with Gasteiger partial charge >= 0.3 is 11.9 Å².